The monoisotopic (exact) mass is 251 g/mol. The Balaban J connectivity index is 2.14. The van der Waals surface area contributed by atoms with E-state index in [-0.39, 0.29) is 0 Å². The van der Waals surface area contributed by atoms with E-state index in [0.29, 0.717) is 0 Å². The van der Waals surface area contributed by atoms with Gasteiger partial charge < -0.3 is 4.57 Å². The van der Waals surface area contributed by atoms with Crippen LogP contribution in [-0.4, -0.2) is 24.5 Å². The summed E-state index contributed by atoms with van der Waals surface area (Å²) in [5, 5.41) is 8.49. The summed E-state index contributed by atoms with van der Waals surface area (Å²) in [5.41, 5.74) is 6.52. The van der Waals surface area contributed by atoms with Crippen molar-refractivity contribution in [1.29, 1.82) is 0 Å². The van der Waals surface area contributed by atoms with E-state index in [2.05, 4.69) is 32.0 Å². The van der Waals surface area contributed by atoms with Gasteiger partial charge >= 0.3 is 0 Å². The highest BCUT2D eigenvalue weighted by Crippen LogP contribution is 2.28. The molecule has 0 aliphatic carbocycles. The second kappa shape index (κ2) is 3.54. The van der Waals surface area contributed by atoms with Gasteiger partial charge in [0.15, 0.2) is 0 Å². The Kier molecular flexibility index (Phi) is 1.95. The molecule has 0 spiro atoms. The van der Waals surface area contributed by atoms with Crippen molar-refractivity contribution in [3.8, 4) is 11.4 Å². The number of fused-ring (bicyclic) bond motifs is 5. The van der Waals surface area contributed by atoms with Gasteiger partial charge in [-0.05, 0) is 26.0 Å². The lowest BCUT2D eigenvalue weighted by molar-refractivity contribution is 0.777. The molecule has 1 aliphatic rings. The Labute approximate surface area is 110 Å². The van der Waals surface area contributed by atoms with Gasteiger partial charge in [0.2, 0.25) is 0 Å². The summed E-state index contributed by atoms with van der Waals surface area (Å²) >= 11 is 0. The predicted molar refractivity (Wildman–Crippen MR) is 70.8 cm³/mol. The highest BCUT2D eigenvalue weighted by atomic mass is 15.4. The summed E-state index contributed by atoms with van der Waals surface area (Å²) in [6.07, 6.45) is 2.69. The maximum atomic E-state index is 4.44. The van der Waals surface area contributed by atoms with Crippen molar-refractivity contribution in [3.63, 3.8) is 0 Å². The first-order valence-electron chi connectivity index (χ1n) is 6.29. The molecule has 1 aromatic carbocycles. The molecule has 3 heterocycles. The minimum absolute atomic E-state index is 0.805. The van der Waals surface area contributed by atoms with Crippen LogP contribution in [0.1, 0.15) is 22.8 Å². The van der Waals surface area contributed by atoms with Gasteiger partial charge in [0, 0.05) is 6.42 Å². The van der Waals surface area contributed by atoms with Gasteiger partial charge in [-0.1, -0.05) is 17.3 Å². The van der Waals surface area contributed by atoms with Crippen molar-refractivity contribution in [2.24, 2.45) is 0 Å². The number of imidazole rings is 1. The molecular formula is C14H13N5. The number of hydrogen-bond acceptors (Lipinski definition) is 3. The topological polar surface area (TPSA) is 48.5 Å². The molecule has 0 fully saturated rings. The third-order valence-corrected chi connectivity index (χ3v) is 3.74. The average Bonchev–Trinajstić information content (AvgIpc) is 2.92. The van der Waals surface area contributed by atoms with Gasteiger partial charge in [0.25, 0.3) is 0 Å². The summed E-state index contributed by atoms with van der Waals surface area (Å²) < 4.78 is 4.09. The van der Waals surface area contributed by atoms with Crippen molar-refractivity contribution in [3.05, 3.63) is 53.4 Å². The molecule has 5 nitrogen and oxygen atoms in total. The van der Waals surface area contributed by atoms with Crippen molar-refractivity contribution in [2.75, 3.05) is 0 Å². The third kappa shape index (κ3) is 1.32. The highest BCUT2D eigenvalue weighted by molar-refractivity contribution is 5.56. The van der Waals surface area contributed by atoms with E-state index in [1.54, 1.807) is 0 Å². The summed E-state index contributed by atoms with van der Waals surface area (Å²) in [6, 6.07) is 8.21. The minimum Gasteiger partial charge on any atom is -0.300 e. The number of aromatic nitrogens is 5. The average molecular weight is 251 g/mol. The fourth-order valence-electron chi connectivity index (χ4n) is 2.66. The van der Waals surface area contributed by atoms with Crippen LogP contribution in [0.2, 0.25) is 0 Å². The zero-order valence-corrected chi connectivity index (χ0v) is 10.8. The molecule has 0 saturated carbocycles. The van der Waals surface area contributed by atoms with E-state index in [1.165, 1.54) is 5.69 Å². The third-order valence-electron chi connectivity index (χ3n) is 3.74. The van der Waals surface area contributed by atoms with E-state index in [4.69, 9.17) is 0 Å². The van der Waals surface area contributed by atoms with E-state index in [0.717, 1.165) is 34.9 Å². The number of aryl methyl sites for hydroxylation is 2. The molecule has 0 saturated heterocycles. The SMILES string of the molecule is Cc1ncn2c1Cc1c(C)nnn1-c1ccccc1-2. The number of benzene rings is 1. The number of hydrogen-bond donors (Lipinski definition) is 0. The summed E-state index contributed by atoms with van der Waals surface area (Å²) in [5.74, 6) is 0. The first kappa shape index (κ1) is 10.5. The van der Waals surface area contributed by atoms with Crippen LogP contribution in [-0.2, 0) is 6.42 Å². The lowest BCUT2D eigenvalue weighted by Crippen LogP contribution is -2.02. The van der Waals surface area contributed by atoms with Gasteiger partial charge in [-0.2, -0.15) is 0 Å². The first-order chi connectivity index (χ1) is 9.25. The number of rotatable bonds is 0. The van der Waals surface area contributed by atoms with Crippen LogP contribution in [0.4, 0.5) is 0 Å². The molecule has 0 unspecified atom stereocenters. The second-order valence-corrected chi connectivity index (χ2v) is 4.85. The molecule has 5 heteroatoms. The van der Waals surface area contributed by atoms with Crippen LogP contribution in [0.15, 0.2) is 30.6 Å². The summed E-state index contributed by atoms with van der Waals surface area (Å²) in [7, 11) is 0. The van der Waals surface area contributed by atoms with Gasteiger partial charge in [-0.25, -0.2) is 9.67 Å². The quantitative estimate of drug-likeness (QED) is 0.480. The zero-order valence-electron chi connectivity index (χ0n) is 10.8. The summed E-state index contributed by atoms with van der Waals surface area (Å²) in [6.45, 7) is 4.05. The molecule has 19 heavy (non-hydrogen) atoms. The normalized spacial score (nSPS) is 12.5. The van der Waals surface area contributed by atoms with E-state index in [1.807, 2.05) is 37.0 Å². The molecule has 4 rings (SSSR count). The first-order valence-corrected chi connectivity index (χ1v) is 6.29. The van der Waals surface area contributed by atoms with Crippen LogP contribution in [0.25, 0.3) is 11.4 Å². The van der Waals surface area contributed by atoms with Gasteiger partial charge in [0.05, 0.1) is 40.5 Å². The van der Waals surface area contributed by atoms with Crippen molar-refractivity contribution in [1.82, 2.24) is 24.5 Å². The second-order valence-electron chi connectivity index (χ2n) is 4.85. The molecule has 0 atom stereocenters. The molecule has 0 radical (unpaired) electrons. The van der Waals surface area contributed by atoms with Gasteiger partial charge in [-0.15, -0.1) is 5.10 Å². The molecule has 94 valence electrons. The lowest BCUT2D eigenvalue weighted by Gasteiger charge is -2.08. The van der Waals surface area contributed by atoms with Gasteiger partial charge in [-0.3, -0.25) is 0 Å². The van der Waals surface area contributed by atoms with Crippen molar-refractivity contribution in [2.45, 2.75) is 20.3 Å². The Morgan fingerprint density at radius 3 is 2.63 bits per heavy atom. The maximum absolute atomic E-state index is 4.44. The lowest BCUT2D eigenvalue weighted by atomic mass is 10.2. The zero-order chi connectivity index (χ0) is 13.0. The molecule has 0 N–H and O–H groups in total. The molecule has 3 aromatic rings. The van der Waals surface area contributed by atoms with Crippen molar-refractivity contribution < 1.29 is 0 Å². The predicted octanol–water partition coefficient (Wildman–Crippen LogP) is 1.97. The highest BCUT2D eigenvalue weighted by Gasteiger charge is 2.23. The number of para-hydroxylation sites is 2. The van der Waals surface area contributed by atoms with E-state index >= 15 is 0 Å². The van der Waals surface area contributed by atoms with Crippen LogP contribution in [0.3, 0.4) is 0 Å². The fourth-order valence-corrected chi connectivity index (χ4v) is 2.66. The van der Waals surface area contributed by atoms with Gasteiger partial charge in [0.1, 0.15) is 0 Å². The van der Waals surface area contributed by atoms with Crippen LogP contribution in [0, 0.1) is 13.8 Å². The largest absolute Gasteiger partial charge is 0.300 e. The Hall–Kier alpha value is -2.43. The molecule has 0 amide bonds. The Morgan fingerprint density at radius 1 is 1.00 bits per heavy atom. The fraction of sp³-hybridized carbons (Fsp3) is 0.214. The molecule has 0 bridgehead atoms. The van der Waals surface area contributed by atoms with Crippen LogP contribution >= 0.6 is 0 Å². The Bertz CT molecular complexity index is 716. The molecule has 2 aromatic heterocycles. The van der Waals surface area contributed by atoms with Crippen LogP contribution in [0.5, 0.6) is 0 Å². The summed E-state index contributed by atoms with van der Waals surface area (Å²) in [4.78, 5) is 4.44. The standard InChI is InChI=1S/C14H13N5/c1-9-13-7-14-10(2)16-17-19(14)12-6-4-3-5-11(12)18(13)8-15-9/h3-6,8H,7H2,1-2H3. The molecular weight excluding hydrogens is 238 g/mol. The molecule has 1 aliphatic heterocycles. The van der Waals surface area contributed by atoms with Crippen LogP contribution < -0.4 is 0 Å². The van der Waals surface area contributed by atoms with E-state index < -0.39 is 0 Å². The number of nitrogens with zero attached hydrogens (tertiary/aromatic N) is 5. The van der Waals surface area contributed by atoms with Crippen molar-refractivity contribution >= 4 is 0 Å². The smallest absolute Gasteiger partial charge is 0.0998 e. The maximum Gasteiger partial charge on any atom is 0.0998 e. The minimum atomic E-state index is 0.805. The Morgan fingerprint density at radius 2 is 1.79 bits per heavy atom. The van der Waals surface area contributed by atoms with E-state index in [9.17, 15) is 0 Å².